The van der Waals surface area contributed by atoms with Crippen molar-refractivity contribution in [3.63, 3.8) is 0 Å². The number of amides is 1. The summed E-state index contributed by atoms with van der Waals surface area (Å²) < 4.78 is 9.24. The van der Waals surface area contributed by atoms with Crippen molar-refractivity contribution in [3.05, 3.63) is 95.2 Å². The highest BCUT2D eigenvalue weighted by molar-refractivity contribution is 6.01. The van der Waals surface area contributed by atoms with Crippen LogP contribution >= 0.6 is 0 Å². The normalized spacial score (nSPS) is 12.2. The van der Waals surface area contributed by atoms with Crippen molar-refractivity contribution in [3.8, 4) is 23.0 Å². The van der Waals surface area contributed by atoms with Gasteiger partial charge in [-0.15, -0.1) is 0 Å². The number of methoxy groups -OCH3 is 1. The minimum atomic E-state index is -0.439. The van der Waals surface area contributed by atoms with Gasteiger partial charge in [0.05, 0.1) is 24.0 Å². The summed E-state index contributed by atoms with van der Waals surface area (Å²) >= 11 is 0. The first kappa shape index (κ1) is 25.6. The number of rotatable bonds is 9. The van der Waals surface area contributed by atoms with Gasteiger partial charge in [0, 0.05) is 54.8 Å². The first-order valence-corrected chi connectivity index (χ1v) is 12.0. The lowest BCUT2D eigenvalue weighted by Crippen LogP contribution is -2.24. The second-order valence-corrected chi connectivity index (χ2v) is 8.87. The number of carbonyl (C=O) groups is 1. The molecular formula is C29H30N6O2. The van der Waals surface area contributed by atoms with Crippen LogP contribution in [0.5, 0.6) is 0 Å². The largest absolute Gasteiger partial charge is 0.383 e. The molecule has 4 rings (SSSR count). The molecule has 0 bridgehead atoms. The number of hydrogen-bond donors (Lipinski definition) is 1. The maximum absolute atomic E-state index is 13.1. The quantitative estimate of drug-likeness (QED) is 0.267. The number of hydrogen-bond acceptors (Lipinski definition) is 5. The lowest BCUT2D eigenvalue weighted by molar-refractivity contribution is -0.117. The molecule has 1 amide bonds. The molecular weight excluding hydrogens is 464 g/mol. The maximum Gasteiger partial charge on any atom is 0.262 e. The van der Waals surface area contributed by atoms with E-state index in [1.807, 2.05) is 68.6 Å². The minimum absolute atomic E-state index is 0.0422. The van der Waals surface area contributed by atoms with Gasteiger partial charge in [-0.05, 0) is 62.7 Å². The van der Waals surface area contributed by atoms with Gasteiger partial charge in [-0.3, -0.25) is 9.78 Å². The van der Waals surface area contributed by atoms with E-state index in [0.717, 1.165) is 39.5 Å². The third-order valence-corrected chi connectivity index (χ3v) is 6.24. The summed E-state index contributed by atoms with van der Waals surface area (Å²) in [6.45, 7) is 6.85. The lowest BCUT2D eigenvalue weighted by atomic mass is 10.1. The van der Waals surface area contributed by atoms with Crippen LogP contribution in [-0.2, 0) is 16.1 Å². The minimum Gasteiger partial charge on any atom is -0.383 e. The standard InChI is InChI=1S/C29H30N6O2/c1-20-14-24(22(3)35(20)21(2)19-37-4)15-25(16-30)29(36)32-17-26-18-34(27-8-6-5-7-9-27)33-28(26)23-10-12-31-13-11-23/h5-15,18,21H,17,19H2,1-4H3,(H,32,36). The van der Waals surface area contributed by atoms with Crippen LogP contribution in [0, 0.1) is 25.2 Å². The monoisotopic (exact) mass is 494 g/mol. The molecule has 1 N–H and O–H groups in total. The van der Waals surface area contributed by atoms with Crippen molar-refractivity contribution >= 4 is 12.0 Å². The number of aryl methyl sites for hydroxylation is 1. The van der Waals surface area contributed by atoms with Crippen molar-refractivity contribution in [1.29, 1.82) is 5.26 Å². The Hall–Kier alpha value is -4.48. The number of nitrogens with zero attached hydrogens (tertiary/aromatic N) is 5. The highest BCUT2D eigenvalue weighted by Gasteiger charge is 2.17. The summed E-state index contributed by atoms with van der Waals surface area (Å²) in [6.07, 6.45) is 6.95. The van der Waals surface area contributed by atoms with Gasteiger partial charge in [-0.2, -0.15) is 10.4 Å². The molecule has 3 heterocycles. The number of ether oxygens (including phenoxy) is 1. The van der Waals surface area contributed by atoms with Crippen LogP contribution in [0.15, 0.2) is 72.7 Å². The van der Waals surface area contributed by atoms with Crippen LogP contribution in [0.25, 0.3) is 23.0 Å². The van der Waals surface area contributed by atoms with Crippen molar-refractivity contribution in [2.45, 2.75) is 33.4 Å². The van der Waals surface area contributed by atoms with E-state index in [1.165, 1.54) is 0 Å². The molecule has 0 saturated heterocycles. The van der Waals surface area contributed by atoms with E-state index in [-0.39, 0.29) is 18.2 Å². The highest BCUT2D eigenvalue weighted by Crippen LogP contribution is 2.25. The molecule has 1 atom stereocenters. The molecule has 0 saturated carbocycles. The van der Waals surface area contributed by atoms with Gasteiger partial charge in [0.25, 0.3) is 5.91 Å². The molecule has 4 aromatic rings. The first-order chi connectivity index (χ1) is 17.9. The van der Waals surface area contributed by atoms with Gasteiger partial charge < -0.3 is 14.6 Å². The average molecular weight is 495 g/mol. The Morgan fingerprint density at radius 2 is 1.92 bits per heavy atom. The molecule has 3 aromatic heterocycles. The molecule has 8 nitrogen and oxygen atoms in total. The zero-order chi connectivity index (χ0) is 26.4. The maximum atomic E-state index is 13.1. The van der Waals surface area contributed by atoms with Crippen molar-refractivity contribution in [2.75, 3.05) is 13.7 Å². The Morgan fingerprint density at radius 3 is 2.59 bits per heavy atom. The second kappa shape index (κ2) is 11.5. The molecule has 0 aliphatic rings. The van der Waals surface area contributed by atoms with E-state index in [1.54, 1.807) is 30.3 Å². The third kappa shape index (κ3) is 5.68. The fourth-order valence-corrected chi connectivity index (χ4v) is 4.52. The number of para-hydroxylation sites is 1. The van der Waals surface area contributed by atoms with Gasteiger partial charge in [0.1, 0.15) is 11.6 Å². The molecule has 1 unspecified atom stereocenters. The van der Waals surface area contributed by atoms with Gasteiger partial charge >= 0.3 is 0 Å². The fraction of sp³-hybridized carbons (Fsp3) is 0.241. The van der Waals surface area contributed by atoms with Crippen LogP contribution in [0.4, 0.5) is 0 Å². The number of nitriles is 1. The Bertz CT molecular complexity index is 1450. The Morgan fingerprint density at radius 1 is 1.19 bits per heavy atom. The molecule has 0 aliphatic heterocycles. The summed E-state index contributed by atoms with van der Waals surface area (Å²) in [5, 5.41) is 17.4. The average Bonchev–Trinajstić information content (AvgIpc) is 3.47. The molecule has 0 spiro atoms. The smallest absolute Gasteiger partial charge is 0.262 e. The number of aromatic nitrogens is 4. The van der Waals surface area contributed by atoms with E-state index in [0.29, 0.717) is 6.61 Å². The molecule has 0 radical (unpaired) electrons. The third-order valence-electron chi connectivity index (χ3n) is 6.24. The van der Waals surface area contributed by atoms with Crippen LogP contribution in [0.2, 0.25) is 0 Å². The number of benzene rings is 1. The first-order valence-electron chi connectivity index (χ1n) is 12.0. The molecule has 1 aromatic carbocycles. The van der Waals surface area contributed by atoms with Gasteiger partial charge in [0.15, 0.2) is 0 Å². The molecule has 37 heavy (non-hydrogen) atoms. The number of carbonyl (C=O) groups excluding carboxylic acids is 1. The Balaban J connectivity index is 1.59. The SMILES string of the molecule is COCC(C)n1c(C)cc(C=C(C#N)C(=O)NCc2cn(-c3ccccc3)nc2-c2ccncc2)c1C. The van der Waals surface area contributed by atoms with Gasteiger partial charge in [-0.1, -0.05) is 18.2 Å². The second-order valence-electron chi connectivity index (χ2n) is 8.87. The topological polar surface area (TPSA) is 97.8 Å². The zero-order valence-electron chi connectivity index (χ0n) is 21.5. The van der Waals surface area contributed by atoms with Crippen LogP contribution in [-0.4, -0.2) is 39.0 Å². The predicted octanol–water partition coefficient (Wildman–Crippen LogP) is 4.78. The van der Waals surface area contributed by atoms with Crippen LogP contribution < -0.4 is 5.32 Å². The van der Waals surface area contributed by atoms with Crippen molar-refractivity contribution in [1.82, 2.24) is 24.6 Å². The van der Waals surface area contributed by atoms with Crippen LogP contribution in [0.3, 0.4) is 0 Å². The summed E-state index contributed by atoms with van der Waals surface area (Å²) in [6, 6.07) is 17.7. The Kier molecular flexibility index (Phi) is 7.96. The van der Waals surface area contributed by atoms with Crippen molar-refractivity contribution < 1.29 is 9.53 Å². The van der Waals surface area contributed by atoms with Crippen LogP contribution in [0.1, 0.15) is 35.5 Å². The van der Waals surface area contributed by atoms with E-state index in [9.17, 15) is 10.1 Å². The highest BCUT2D eigenvalue weighted by atomic mass is 16.5. The van der Waals surface area contributed by atoms with E-state index >= 15 is 0 Å². The molecule has 0 aliphatic carbocycles. The van der Waals surface area contributed by atoms with E-state index in [4.69, 9.17) is 9.84 Å². The summed E-state index contributed by atoms with van der Waals surface area (Å²) in [5.41, 5.74) is 6.26. The predicted molar refractivity (Wildman–Crippen MR) is 143 cm³/mol. The Labute approximate surface area is 216 Å². The number of nitrogens with one attached hydrogen (secondary N) is 1. The molecule has 0 fully saturated rings. The molecule has 8 heteroatoms. The van der Waals surface area contributed by atoms with Crippen molar-refractivity contribution in [2.24, 2.45) is 0 Å². The number of pyridine rings is 1. The van der Waals surface area contributed by atoms with E-state index < -0.39 is 5.91 Å². The lowest BCUT2D eigenvalue weighted by Gasteiger charge is -2.17. The summed E-state index contributed by atoms with van der Waals surface area (Å²) in [5.74, 6) is -0.439. The van der Waals surface area contributed by atoms with Gasteiger partial charge in [-0.25, -0.2) is 4.68 Å². The summed E-state index contributed by atoms with van der Waals surface area (Å²) in [7, 11) is 1.67. The summed E-state index contributed by atoms with van der Waals surface area (Å²) in [4.78, 5) is 17.1. The molecule has 188 valence electrons. The zero-order valence-corrected chi connectivity index (χ0v) is 21.5. The van der Waals surface area contributed by atoms with E-state index in [2.05, 4.69) is 27.9 Å². The van der Waals surface area contributed by atoms with Gasteiger partial charge in [0.2, 0.25) is 0 Å². The fourth-order valence-electron chi connectivity index (χ4n) is 4.52.